The standard InChI is InChI=1S/C35H43N3O6S2/c1-36(2)15-16-38-30-22-31(35(39)40)45-34(30)32(24-7-5-4-6-8-24)33(38)25-9-11-27(12-10-25)44-23-26-21-28(46(3,41)42)13-14-29(26)37-17-19-43-20-18-37/h9-14,21-22,24H,4-8,15-20,23H2,1-3H3,(H,39,40). The fourth-order valence-electron chi connectivity index (χ4n) is 6.76. The van der Waals surface area contributed by atoms with E-state index in [1.54, 1.807) is 12.1 Å². The normalized spacial score (nSPS) is 16.4. The average molecular weight is 666 g/mol. The second kappa shape index (κ2) is 13.8. The molecule has 246 valence electrons. The van der Waals surface area contributed by atoms with Gasteiger partial charge >= 0.3 is 5.97 Å². The van der Waals surface area contributed by atoms with Crippen molar-refractivity contribution in [3.05, 3.63) is 64.5 Å². The molecule has 0 spiro atoms. The maximum atomic E-state index is 12.4. The van der Waals surface area contributed by atoms with E-state index in [4.69, 9.17) is 9.47 Å². The number of thiophene rings is 1. The third-order valence-corrected chi connectivity index (χ3v) is 11.4. The summed E-state index contributed by atoms with van der Waals surface area (Å²) in [5.41, 5.74) is 6.33. The Labute approximate surface area is 275 Å². The first-order chi connectivity index (χ1) is 22.1. The van der Waals surface area contributed by atoms with Gasteiger partial charge in [-0.1, -0.05) is 19.3 Å². The zero-order chi connectivity index (χ0) is 32.4. The highest BCUT2D eigenvalue weighted by Gasteiger charge is 2.29. The van der Waals surface area contributed by atoms with Crippen molar-refractivity contribution in [2.75, 3.05) is 58.1 Å². The number of morpholine rings is 1. The molecule has 2 aromatic heterocycles. The third kappa shape index (κ3) is 6.97. The highest BCUT2D eigenvalue weighted by molar-refractivity contribution is 7.90. The number of benzene rings is 2. The minimum Gasteiger partial charge on any atom is -0.489 e. The first-order valence-corrected chi connectivity index (χ1v) is 18.7. The smallest absolute Gasteiger partial charge is 0.345 e. The lowest BCUT2D eigenvalue weighted by Crippen LogP contribution is -2.36. The number of hydrogen-bond acceptors (Lipinski definition) is 8. The van der Waals surface area contributed by atoms with E-state index in [2.05, 4.69) is 40.6 Å². The van der Waals surface area contributed by atoms with Crippen LogP contribution in [-0.4, -0.2) is 82.2 Å². The van der Waals surface area contributed by atoms with Crippen molar-refractivity contribution in [3.8, 4) is 17.0 Å². The highest BCUT2D eigenvalue weighted by Crippen LogP contribution is 2.47. The van der Waals surface area contributed by atoms with Crippen LogP contribution < -0.4 is 9.64 Å². The van der Waals surface area contributed by atoms with E-state index in [1.165, 1.54) is 48.1 Å². The summed E-state index contributed by atoms with van der Waals surface area (Å²) in [6, 6.07) is 15.3. The van der Waals surface area contributed by atoms with Gasteiger partial charge in [-0.3, -0.25) is 0 Å². The van der Waals surface area contributed by atoms with Crippen molar-refractivity contribution in [2.45, 2.75) is 56.1 Å². The summed E-state index contributed by atoms with van der Waals surface area (Å²) in [7, 11) is 0.743. The largest absolute Gasteiger partial charge is 0.489 e. The summed E-state index contributed by atoms with van der Waals surface area (Å²) >= 11 is 1.40. The van der Waals surface area contributed by atoms with Crippen LogP contribution in [0.3, 0.4) is 0 Å². The van der Waals surface area contributed by atoms with Crippen molar-refractivity contribution in [1.29, 1.82) is 0 Å². The number of anilines is 1. The Bertz CT molecular complexity index is 1800. The van der Waals surface area contributed by atoms with Crippen LogP contribution in [0.5, 0.6) is 5.75 Å². The molecule has 1 aliphatic heterocycles. The minimum absolute atomic E-state index is 0.232. The number of carboxylic acid groups (broad SMARTS) is 1. The molecule has 2 aliphatic rings. The van der Waals surface area contributed by atoms with Crippen LogP contribution in [0.15, 0.2) is 53.4 Å². The van der Waals surface area contributed by atoms with Crippen LogP contribution in [0.4, 0.5) is 5.69 Å². The molecule has 9 nitrogen and oxygen atoms in total. The van der Waals surface area contributed by atoms with Crippen LogP contribution >= 0.6 is 11.3 Å². The van der Waals surface area contributed by atoms with Gasteiger partial charge < -0.3 is 28.9 Å². The summed E-state index contributed by atoms with van der Waals surface area (Å²) in [6.07, 6.45) is 7.06. The van der Waals surface area contributed by atoms with Crippen LogP contribution in [0.25, 0.3) is 21.5 Å². The van der Waals surface area contributed by atoms with Gasteiger partial charge in [0.15, 0.2) is 9.84 Å². The molecule has 6 rings (SSSR count). The predicted molar refractivity (Wildman–Crippen MR) is 184 cm³/mol. The fourth-order valence-corrected chi connectivity index (χ4v) is 8.55. The first-order valence-electron chi connectivity index (χ1n) is 16.0. The molecular weight excluding hydrogens is 623 g/mol. The molecule has 1 saturated carbocycles. The number of aromatic carboxylic acids is 1. The van der Waals surface area contributed by atoms with Gasteiger partial charge in [-0.15, -0.1) is 11.3 Å². The van der Waals surface area contributed by atoms with Crippen molar-refractivity contribution in [2.24, 2.45) is 0 Å². The molecule has 1 saturated heterocycles. The van der Waals surface area contributed by atoms with E-state index in [0.717, 1.165) is 66.1 Å². The number of nitrogens with zero attached hydrogens (tertiary/aromatic N) is 3. The van der Waals surface area contributed by atoms with Crippen molar-refractivity contribution in [3.63, 3.8) is 0 Å². The second-order valence-electron chi connectivity index (χ2n) is 12.7. The van der Waals surface area contributed by atoms with Crippen LogP contribution in [0.2, 0.25) is 0 Å². The number of fused-ring (bicyclic) bond motifs is 1. The Morgan fingerprint density at radius 2 is 1.76 bits per heavy atom. The molecule has 0 radical (unpaired) electrons. The molecule has 0 atom stereocenters. The fraction of sp³-hybridized carbons (Fsp3) is 0.457. The van der Waals surface area contributed by atoms with Crippen LogP contribution in [0, 0.1) is 0 Å². The summed E-state index contributed by atoms with van der Waals surface area (Å²) in [4.78, 5) is 17.0. The molecule has 4 aromatic rings. The zero-order valence-corrected chi connectivity index (χ0v) is 28.5. The maximum absolute atomic E-state index is 12.4. The van der Waals surface area contributed by atoms with E-state index in [1.807, 2.05) is 24.3 Å². The average Bonchev–Trinajstić information content (AvgIpc) is 3.61. The molecular formula is C35H43N3O6S2. The number of sulfone groups is 1. The van der Waals surface area contributed by atoms with Crippen molar-refractivity contribution in [1.82, 2.24) is 9.47 Å². The van der Waals surface area contributed by atoms with Crippen molar-refractivity contribution >= 4 is 43.0 Å². The van der Waals surface area contributed by atoms with Crippen molar-refractivity contribution < 1.29 is 27.8 Å². The number of hydrogen-bond donors (Lipinski definition) is 1. The molecule has 11 heteroatoms. The van der Waals surface area contributed by atoms with E-state index in [-0.39, 0.29) is 11.5 Å². The number of aromatic nitrogens is 1. The van der Waals surface area contributed by atoms with E-state index < -0.39 is 15.8 Å². The van der Waals surface area contributed by atoms with E-state index >= 15 is 0 Å². The minimum atomic E-state index is -3.37. The van der Waals surface area contributed by atoms with Gasteiger partial charge in [-0.05, 0) is 92.5 Å². The molecule has 2 aromatic carbocycles. The first kappa shape index (κ1) is 32.6. The van der Waals surface area contributed by atoms with Crippen LogP contribution in [-0.2, 0) is 27.7 Å². The van der Waals surface area contributed by atoms with Gasteiger partial charge in [0.1, 0.15) is 17.2 Å². The lowest BCUT2D eigenvalue weighted by Gasteiger charge is -2.30. The van der Waals surface area contributed by atoms with E-state index in [0.29, 0.717) is 29.8 Å². The highest BCUT2D eigenvalue weighted by atomic mass is 32.2. The second-order valence-corrected chi connectivity index (χ2v) is 15.7. The number of likely N-dealkylation sites (N-methyl/N-ethyl adjacent to an activating group) is 1. The summed E-state index contributed by atoms with van der Waals surface area (Å²) in [6.45, 7) is 4.55. The van der Waals surface area contributed by atoms with Gasteiger partial charge in [0.25, 0.3) is 0 Å². The Hall–Kier alpha value is -3.38. The quantitative estimate of drug-likeness (QED) is 0.194. The monoisotopic (exact) mass is 665 g/mol. The van der Waals surface area contributed by atoms with Gasteiger partial charge in [0, 0.05) is 43.7 Å². The lowest BCUT2D eigenvalue weighted by atomic mass is 9.83. The molecule has 3 heterocycles. The molecule has 0 unspecified atom stereocenters. The summed E-state index contributed by atoms with van der Waals surface area (Å²) < 4.78 is 40.0. The number of carbonyl (C=O) groups is 1. The SMILES string of the molecule is CN(C)CCn1c(-c2ccc(OCc3cc(S(C)(=O)=O)ccc3N3CCOCC3)cc2)c(C2CCCCC2)c2sc(C(=O)O)cc21. The molecule has 46 heavy (non-hydrogen) atoms. The van der Waals surface area contributed by atoms with Gasteiger partial charge in [0.05, 0.1) is 34.0 Å². The van der Waals surface area contributed by atoms with Gasteiger partial charge in [-0.25, -0.2) is 13.2 Å². The molecule has 0 bridgehead atoms. The topological polar surface area (TPSA) is 101 Å². The number of rotatable bonds is 11. The molecule has 0 amide bonds. The Morgan fingerprint density at radius 3 is 2.41 bits per heavy atom. The predicted octanol–water partition coefficient (Wildman–Crippen LogP) is 6.50. The molecule has 1 N–H and O–H groups in total. The Kier molecular flexibility index (Phi) is 9.75. The number of carboxylic acids is 1. The van der Waals surface area contributed by atoms with Crippen LogP contribution in [0.1, 0.15) is 58.8 Å². The molecule has 1 aliphatic carbocycles. The molecule has 2 fully saturated rings. The lowest BCUT2D eigenvalue weighted by molar-refractivity contribution is 0.0702. The van der Waals surface area contributed by atoms with Gasteiger partial charge in [-0.2, -0.15) is 0 Å². The zero-order valence-electron chi connectivity index (χ0n) is 26.8. The van der Waals surface area contributed by atoms with E-state index in [9.17, 15) is 18.3 Å². The Balaban J connectivity index is 1.34. The third-order valence-electron chi connectivity index (χ3n) is 9.12. The van der Waals surface area contributed by atoms with Gasteiger partial charge in [0.2, 0.25) is 0 Å². The number of ether oxygens (including phenoxy) is 2. The summed E-state index contributed by atoms with van der Waals surface area (Å²) in [5.74, 6) is 0.211. The summed E-state index contributed by atoms with van der Waals surface area (Å²) in [5, 5.41) is 9.85. The Morgan fingerprint density at radius 1 is 1.04 bits per heavy atom. The maximum Gasteiger partial charge on any atom is 0.345 e.